The second-order valence-electron chi connectivity index (χ2n) is 5.33. The highest BCUT2D eigenvalue weighted by molar-refractivity contribution is 5.94. The van der Waals surface area contributed by atoms with E-state index in [1.165, 1.54) is 0 Å². The number of primary amides is 1. The number of aromatic nitrogens is 3. The molecule has 0 radical (unpaired) electrons. The fourth-order valence-corrected chi connectivity index (χ4v) is 2.31. The van der Waals surface area contributed by atoms with Gasteiger partial charge < -0.3 is 15.8 Å². The topological polar surface area (TPSA) is 112 Å². The van der Waals surface area contributed by atoms with Crippen LogP contribution in [0.5, 0.6) is 5.75 Å². The van der Waals surface area contributed by atoms with Crippen molar-refractivity contribution in [3.05, 3.63) is 60.0 Å². The molecule has 128 valence electrons. The van der Waals surface area contributed by atoms with Crippen molar-refractivity contribution in [2.45, 2.75) is 6.42 Å². The Labute approximate surface area is 143 Å². The first-order valence-electron chi connectivity index (χ1n) is 7.71. The molecule has 1 aromatic carbocycles. The van der Waals surface area contributed by atoms with E-state index in [0.717, 1.165) is 11.5 Å². The summed E-state index contributed by atoms with van der Waals surface area (Å²) in [6, 6.07) is 12.1. The van der Waals surface area contributed by atoms with Gasteiger partial charge in [-0.05, 0) is 36.4 Å². The molecule has 0 saturated carbocycles. The Kier molecular flexibility index (Phi) is 4.89. The first-order chi connectivity index (χ1) is 12.1. The molecule has 2 aromatic heterocycles. The van der Waals surface area contributed by atoms with Crippen LogP contribution in [0.3, 0.4) is 0 Å². The van der Waals surface area contributed by atoms with Gasteiger partial charge in [-0.3, -0.25) is 14.0 Å². The number of hydrogen-bond acceptors (Lipinski definition) is 5. The summed E-state index contributed by atoms with van der Waals surface area (Å²) in [5.41, 5.74) is 6.28. The van der Waals surface area contributed by atoms with E-state index in [1.54, 1.807) is 24.3 Å². The molecule has 25 heavy (non-hydrogen) atoms. The molecule has 3 aromatic rings. The summed E-state index contributed by atoms with van der Waals surface area (Å²) in [7, 11) is 0. The zero-order valence-corrected chi connectivity index (χ0v) is 13.4. The standard InChI is InChI=1S/C17H17N5O3/c18-14(23)11-25-13-6-4-12(5-7-13)17(24)19-9-8-16-21-20-15-3-1-2-10-22(15)16/h1-7,10H,8-9,11H2,(H2,18,23)(H,19,24). The number of nitrogens with one attached hydrogen (secondary N) is 1. The van der Waals surface area contributed by atoms with Gasteiger partial charge in [0.1, 0.15) is 11.6 Å². The van der Waals surface area contributed by atoms with Crippen LogP contribution in [0.25, 0.3) is 5.65 Å². The van der Waals surface area contributed by atoms with Gasteiger partial charge in [-0.1, -0.05) is 6.07 Å². The number of carbonyl (C=O) groups excluding carboxylic acids is 2. The van der Waals surface area contributed by atoms with Gasteiger partial charge in [0.05, 0.1) is 0 Å². The van der Waals surface area contributed by atoms with Gasteiger partial charge in [0.2, 0.25) is 0 Å². The molecule has 0 saturated heterocycles. The minimum atomic E-state index is -0.553. The molecule has 8 nitrogen and oxygen atoms in total. The van der Waals surface area contributed by atoms with Crippen molar-refractivity contribution in [1.29, 1.82) is 0 Å². The Balaban J connectivity index is 1.53. The van der Waals surface area contributed by atoms with E-state index in [-0.39, 0.29) is 12.5 Å². The average molecular weight is 339 g/mol. The zero-order chi connectivity index (χ0) is 17.6. The van der Waals surface area contributed by atoms with E-state index in [1.807, 2.05) is 28.8 Å². The summed E-state index contributed by atoms with van der Waals surface area (Å²) in [6.45, 7) is 0.242. The van der Waals surface area contributed by atoms with E-state index < -0.39 is 5.91 Å². The lowest BCUT2D eigenvalue weighted by atomic mass is 10.2. The van der Waals surface area contributed by atoms with Gasteiger partial charge in [0.25, 0.3) is 11.8 Å². The predicted molar refractivity (Wildman–Crippen MR) is 90.2 cm³/mol. The number of hydrogen-bond donors (Lipinski definition) is 2. The lowest BCUT2D eigenvalue weighted by Gasteiger charge is -2.06. The minimum absolute atomic E-state index is 0.197. The number of amides is 2. The van der Waals surface area contributed by atoms with Gasteiger partial charge in [0.15, 0.2) is 12.3 Å². The zero-order valence-electron chi connectivity index (χ0n) is 13.4. The maximum atomic E-state index is 12.1. The second-order valence-corrected chi connectivity index (χ2v) is 5.33. The number of carbonyl (C=O) groups is 2. The summed E-state index contributed by atoms with van der Waals surface area (Å²) >= 11 is 0. The van der Waals surface area contributed by atoms with Crippen LogP contribution >= 0.6 is 0 Å². The average Bonchev–Trinajstić information content (AvgIpc) is 3.03. The summed E-state index contributed by atoms with van der Waals surface area (Å²) in [5, 5.41) is 11.0. The van der Waals surface area contributed by atoms with Crippen LogP contribution in [-0.4, -0.2) is 39.6 Å². The molecule has 0 unspecified atom stereocenters. The van der Waals surface area contributed by atoms with E-state index in [4.69, 9.17) is 10.5 Å². The first-order valence-corrected chi connectivity index (χ1v) is 7.71. The SMILES string of the molecule is NC(=O)COc1ccc(C(=O)NCCc2nnc3ccccn23)cc1. The lowest BCUT2D eigenvalue weighted by Crippen LogP contribution is -2.26. The molecule has 3 rings (SSSR count). The Morgan fingerprint density at radius 1 is 1.12 bits per heavy atom. The van der Waals surface area contributed by atoms with Crippen LogP contribution in [0.1, 0.15) is 16.2 Å². The highest BCUT2D eigenvalue weighted by atomic mass is 16.5. The Morgan fingerprint density at radius 2 is 1.92 bits per heavy atom. The molecule has 0 spiro atoms. The van der Waals surface area contributed by atoms with Crippen LogP contribution in [-0.2, 0) is 11.2 Å². The van der Waals surface area contributed by atoms with Crippen LogP contribution in [0.15, 0.2) is 48.7 Å². The number of pyridine rings is 1. The number of benzene rings is 1. The maximum absolute atomic E-state index is 12.1. The van der Waals surface area contributed by atoms with E-state index in [0.29, 0.717) is 24.3 Å². The highest BCUT2D eigenvalue weighted by Crippen LogP contribution is 2.12. The quantitative estimate of drug-likeness (QED) is 0.653. The molecule has 0 bridgehead atoms. The molecule has 0 atom stereocenters. The van der Waals surface area contributed by atoms with E-state index >= 15 is 0 Å². The number of rotatable bonds is 7. The summed E-state index contributed by atoms with van der Waals surface area (Å²) in [4.78, 5) is 22.8. The van der Waals surface area contributed by atoms with Crippen molar-refractivity contribution < 1.29 is 14.3 Å². The largest absolute Gasteiger partial charge is 0.484 e. The van der Waals surface area contributed by atoms with Gasteiger partial charge in [0, 0.05) is 24.7 Å². The maximum Gasteiger partial charge on any atom is 0.255 e. The molecule has 8 heteroatoms. The fourth-order valence-electron chi connectivity index (χ4n) is 2.31. The van der Waals surface area contributed by atoms with Crippen LogP contribution in [0.4, 0.5) is 0 Å². The van der Waals surface area contributed by atoms with Crippen LogP contribution in [0, 0.1) is 0 Å². The smallest absolute Gasteiger partial charge is 0.255 e. The summed E-state index contributed by atoms with van der Waals surface area (Å²) < 4.78 is 7.03. The monoisotopic (exact) mass is 339 g/mol. The molecular formula is C17H17N5O3. The predicted octanol–water partition coefficient (Wildman–Crippen LogP) is 0.566. The Morgan fingerprint density at radius 3 is 2.68 bits per heavy atom. The van der Waals surface area contributed by atoms with Crippen molar-refractivity contribution in [3.8, 4) is 5.75 Å². The molecule has 3 N–H and O–H groups in total. The Bertz CT molecular complexity index is 889. The lowest BCUT2D eigenvalue weighted by molar-refractivity contribution is -0.119. The van der Waals surface area contributed by atoms with Crippen molar-refractivity contribution in [1.82, 2.24) is 19.9 Å². The van der Waals surface area contributed by atoms with Crippen LogP contribution in [0.2, 0.25) is 0 Å². The van der Waals surface area contributed by atoms with Crippen LogP contribution < -0.4 is 15.8 Å². The fraction of sp³-hybridized carbons (Fsp3) is 0.176. The van der Waals surface area contributed by atoms with Crippen molar-refractivity contribution in [3.63, 3.8) is 0 Å². The van der Waals surface area contributed by atoms with Gasteiger partial charge in [-0.15, -0.1) is 10.2 Å². The second kappa shape index (κ2) is 7.43. The van der Waals surface area contributed by atoms with Crippen molar-refractivity contribution in [2.75, 3.05) is 13.2 Å². The molecule has 0 aliphatic rings. The van der Waals surface area contributed by atoms with Gasteiger partial charge in [-0.25, -0.2) is 0 Å². The van der Waals surface area contributed by atoms with Gasteiger partial charge in [-0.2, -0.15) is 0 Å². The molecule has 2 amide bonds. The first kappa shape index (κ1) is 16.4. The summed E-state index contributed by atoms with van der Waals surface area (Å²) in [6.07, 6.45) is 2.45. The number of nitrogens with zero attached hydrogens (tertiary/aromatic N) is 3. The van der Waals surface area contributed by atoms with E-state index in [2.05, 4.69) is 15.5 Å². The van der Waals surface area contributed by atoms with Crippen molar-refractivity contribution >= 4 is 17.5 Å². The van der Waals surface area contributed by atoms with Crippen molar-refractivity contribution in [2.24, 2.45) is 5.73 Å². The normalized spacial score (nSPS) is 10.6. The third-order valence-corrected chi connectivity index (χ3v) is 3.52. The molecule has 2 heterocycles. The Hall–Kier alpha value is -3.42. The van der Waals surface area contributed by atoms with E-state index in [9.17, 15) is 9.59 Å². The number of nitrogens with two attached hydrogens (primary N) is 1. The molecule has 0 fully saturated rings. The number of fused-ring (bicyclic) bond motifs is 1. The summed E-state index contributed by atoms with van der Waals surface area (Å²) in [5.74, 6) is 0.509. The molecule has 0 aliphatic heterocycles. The minimum Gasteiger partial charge on any atom is -0.484 e. The van der Waals surface area contributed by atoms with Gasteiger partial charge >= 0.3 is 0 Å². The third kappa shape index (κ3) is 4.11. The molecule has 0 aliphatic carbocycles. The number of ether oxygens (including phenoxy) is 1. The highest BCUT2D eigenvalue weighted by Gasteiger charge is 2.08. The third-order valence-electron chi connectivity index (χ3n) is 3.52. The molecular weight excluding hydrogens is 322 g/mol.